The number of carbonyl (C=O) groups excluding carboxylic acids is 1. The lowest BCUT2D eigenvalue weighted by Crippen LogP contribution is -2.30. The van der Waals surface area contributed by atoms with Gasteiger partial charge in [-0.1, -0.05) is 32.0 Å². The van der Waals surface area contributed by atoms with Crippen LogP contribution >= 0.6 is 0 Å². The number of sulfone groups is 1. The predicted octanol–water partition coefficient (Wildman–Crippen LogP) is 2.31. The zero-order valence-corrected chi connectivity index (χ0v) is 18.2. The van der Waals surface area contributed by atoms with Gasteiger partial charge in [-0.2, -0.15) is 4.31 Å². The fraction of sp³-hybridized carbons (Fsp3) is 0.350. The number of benzene rings is 2. The molecular formula is C20H26N2O5S2. The van der Waals surface area contributed by atoms with E-state index in [0.29, 0.717) is 18.7 Å². The molecule has 0 saturated carbocycles. The molecule has 1 amide bonds. The first kappa shape index (κ1) is 23.1. The second-order valence-corrected chi connectivity index (χ2v) is 10.4. The Morgan fingerprint density at radius 2 is 1.45 bits per heavy atom. The van der Waals surface area contributed by atoms with Crippen molar-refractivity contribution in [2.24, 2.45) is 0 Å². The summed E-state index contributed by atoms with van der Waals surface area (Å²) in [5, 5.41) is 2.66. The van der Waals surface area contributed by atoms with E-state index >= 15 is 0 Å². The van der Waals surface area contributed by atoms with Gasteiger partial charge in [0.2, 0.25) is 10.0 Å². The number of hydrogen-bond acceptors (Lipinski definition) is 5. The summed E-state index contributed by atoms with van der Waals surface area (Å²) in [7, 11) is -6.95. The minimum Gasteiger partial charge on any atom is -0.352 e. The Bertz CT molecular complexity index is 1010. The van der Waals surface area contributed by atoms with Gasteiger partial charge in [-0.05, 0) is 42.8 Å². The molecule has 0 atom stereocenters. The highest BCUT2D eigenvalue weighted by molar-refractivity contribution is 7.91. The molecule has 7 nitrogen and oxygen atoms in total. The Hall–Kier alpha value is -2.23. The van der Waals surface area contributed by atoms with Crippen LogP contribution in [-0.2, 0) is 19.9 Å². The topological polar surface area (TPSA) is 101 Å². The average Bonchev–Trinajstić information content (AvgIpc) is 2.72. The second kappa shape index (κ2) is 10.00. The zero-order chi connectivity index (χ0) is 21.5. The van der Waals surface area contributed by atoms with Crippen LogP contribution in [0.5, 0.6) is 0 Å². The fourth-order valence-electron chi connectivity index (χ4n) is 2.80. The van der Waals surface area contributed by atoms with E-state index in [0.717, 1.165) is 0 Å². The molecule has 0 spiro atoms. The first-order valence-electron chi connectivity index (χ1n) is 9.38. The maximum Gasteiger partial charge on any atom is 0.251 e. The molecule has 0 aliphatic heterocycles. The van der Waals surface area contributed by atoms with E-state index in [-0.39, 0.29) is 34.4 Å². The van der Waals surface area contributed by atoms with E-state index < -0.39 is 19.9 Å². The van der Waals surface area contributed by atoms with Crippen molar-refractivity contribution in [2.75, 3.05) is 25.4 Å². The van der Waals surface area contributed by atoms with Gasteiger partial charge in [-0.15, -0.1) is 0 Å². The maximum atomic E-state index is 12.5. The summed E-state index contributed by atoms with van der Waals surface area (Å²) in [5.74, 6) is -0.452. The van der Waals surface area contributed by atoms with E-state index in [1.54, 1.807) is 44.2 Å². The number of amides is 1. The monoisotopic (exact) mass is 438 g/mol. The molecule has 2 aromatic carbocycles. The summed E-state index contributed by atoms with van der Waals surface area (Å²) in [4.78, 5) is 12.6. The molecule has 0 saturated heterocycles. The van der Waals surface area contributed by atoms with Crippen molar-refractivity contribution in [1.29, 1.82) is 0 Å². The van der Waals surface area contributed by atoms with Crippen molar-refractivity contribution in [2.45, 2.75) is 30.1 Å². The molecule has 0 aliphatic carbocycles. The molecule has 0 fully saturated rings. The third kappa shape index (κ3) is 5.88. The minimum absolute atomic E-state index is 0.0711. The van der Waals surface area contributed by atoms with Gasteiger partial charge in [-0.25, -0.2) is 16.8 Å². The van der Waals surface area contributed by atoms with Crippen molar-refractivity contribution in [3.8, 4) is 0 Å². The van der Waals surface area contributed by atoms with Gasteiger partial charge in [0.1, 0.15) is 0 Å². The van der Waals surface area contributed by atoms with E-state index in [1.807, 2.05) is 0 Å². The number of nitrogens with one attached hydrogen (secondary N) is 1. The van der Waals surface area contributed by atoms with Gasteiger partial charge in [0.05, 0.1) is 15.5 Å². The van der Waals surface area contributed by atoms with Gasteiger partial charge >= 0.3 is 0 Å². The van der Waals surface area contributed by atoms with E-state index in [4.69, 9.17) is 0 Å². The Balaban J connectivity index is 1.92. The van der Waals surface area contributed by atoms with Crippen LogP contribution in [0.25, 0.3) is 0 Å². The van der Waals surface area contributed by atoms with Crippen molar-refractivity contribution in [1.82, 2.24) is 9.62 Å². The van der Waals surface area contributed by atoms with Crippen LogP contribution in [0.2, 0.25) is 0 Å². The van der Waals surface area contributed by atoms with Crippen molar-refractivity contribution >= 4 is 25.8 Å². The van der Waals surface area contributed by atoms with Crippen LogP contribution in [0, 0.1) is 0 Å². The first-order chi connectivity index (χ1) is 13.7. The van der Waals surface area contributed by atoms with E-state index in [2.05, 4.69) is 5.32 Å². The van der Waals surface area contributed by atoms with Gasteiger partial charge in [0.25, 0.3) is 5.91 Å². The highest BCUT2D eigenvalue weighted by Crippen LogP contribution is 2.16. The second-order valence-electron chi connectivity index (χ2n) is 6.36. The van der Waals surface area contributed by atoms with Gasteiger partial charge in [0.15, 0.2) is 9.84 Å². The molecule has 0 aromatic heterocycles. The molecular weight excluding hydrogens is 412 g/mol. The number of rotatable bonds is 10. The number of nitrogens with zero attached hydrogens (tertiary/aromatic N) is 1. The summed E-state index contributed by atoms with van der Waals surface area (Å²) in [5.41, 5.74) is 0.314. The lowest BCUT2D eigenvalue weighted by molar-refractivity contribution is 0.0953. The first-order valence-corrected chi connectivity index (χ1v) is 12.5. The molecule has 2 aromatic rings. The molecule has 0 heterocycles. The van der Waals surface area contributed by atoms with Crippen molar-refractivity contribution in [3.05, 3.63) is 60.2 Å². The molecule has 0 radical (unpaired) electrons. The largest absolute Gasteiger partial charge is 0.352 e. The van der Waals surface area contributed by atoms with Crippen molar-refractivity contribution in [3.63, 3.8) is 0 Å². The zero-order valence-electron chi connectivity index (χ0n) is 16.5. The van der Waals surface area contributed by atoms with Crippen molar-refractivity contribution < 1.29 is 21.6 Å². The summed E-state index contributed by atoms with van der Waals surface area (Å²) in [6.45, 7) is 4.46. The molecule has 29 heavy (non-hydrogen) atoms. The van der Waals surface area contributed by atoms with Gasteiger partial charge in [0, 0.05) is 25.2 Å². The maximum absolute atomic E-state index is 12.5. The third-order valence-corrected chi connectivity index (χ3v) is 8.32. The fourth-order valence-corrected chi connectivity index (χ4v) is 5.59. The standard InChI is InChI=1S/C20H26N2O5S2/c1-3-22(4-2)29(26,27)19-13-11-17(12-14-19)20(23)21-15-8-16-28(24,25)18-9-6-5-7-10-18/h5-7,9-14H,3-4,8,15-16H2,1-2H3,(H,21,23). The van der Waals surface area contributed by atoms with Crippen LogP contribution in [0.15, 0.2) is 64.4 Å². The molecule has 158 valence electrons. The summed E-state index contributed by atoms with van der Waals surface area (Å²) < 4.78 is 50.7. The SMILES string of the molecule is CCN(CC)S(=O)(=O)c1ccc(C(=O)NCCCS(=O)(=O)c2ccccc2)cc1. The van der Waals surface area contributed by atoms with Gasteiger partial charge < -0.3 is 5.32 Å². The Kier molecular flexibility index (Phi) is 7.95. The smallest absolute Gasteiger partial charge is 0.251 e. The highest BCUT2D eigenvalue weighted by atomic mass is 32.2. The quantitative estimate of drug-likeness (QED) is 0.574. The molecule has 0 unspecified atom stereocenters. The van der Waals surface area contributed by atoms with E-state index in [9.17, 15) is 21.6 Å². The molecule has 2 rings (SSSR count). The van der Waals surface area contributed by atoms with Crippen LogP contribution in [0.1, 0.15) is 30.6 Å². The summed E-state index contributed by atoms with van der Waals surface area (Å²) in [6, 6.07) is 13.9. The Morgan fingerprint density at radius 3 is 2.00 bits per heavy atom. The number of carbonyl (C=O) groups is 1. The number of sulfonamides is 1. The van der Waals surface area contributed by atoms with Crippen LogP contribution < -0.4 is 5.32 Å². The average molecular weight is 439 g/mol. The van der Waals surface area contributed by atoms with E-state index in [1.165, 1.54) is 28.6 Å². The van der Waals surface area contributed by atoms with Crippen LogP contribution in [-0.4, -0.2) is 52.4 Å². The Morgan fingerprint density at radius 1 is 0.862 bits per heavy atom. The lowest BCUT2D eigenvalue weighted by atomic mass is 10.2. The normalized spacial score (nSPS) is 12.1. The third-order valence-electron chi connectivity index (χ3n) is 4.44. The minimum atomic E-state index is -3.57. The molecule has 9 heteroatoms. The van der Waals surface area contributed by atoms with Crippen LogP contribution in [0.4, 0.5) is 0 Å². The predicted molar refractivity (Wildman–Crippen MR) is 112 cm³/mol. The van der Waals surface area contributed by atoms with Crippen LogP contribution in [0.3, 0.4) is 0 Å². The molecule has 1 N–H and O–H groups in total. The molecule has 0 aliphatic rings. The Labute approximate surface area is 172 Å². The molecule has 0 bridgehead atoms. The lowest BCUT2D eigenvalue weighted by Gasteiger charge is -2.18. The number of hydrogen-bond donors (Lipinski definition) is 1. The van der Waals surface area contributed by atoms with Gasteiger partial charge in [-0.3, -0.25) is 4.79 Å². The highest BCUT2D eigenvalue weighted by Gasteiger charge is 2.21. The summed E-state index contributed by atoms with van der Waals surface area (Å²) >= 11 is 0. The summed E-state index contributed by atoms with van der Waals surface area (Å²) in [6.07, 6.45) is 0.275.